The van der Waals surface area contributed by atoms with E-state index in [4.69, 9.17) is 11.5 Å². The molecule has 4 heterocycles. The second-order valence-electron chi connectivity index (χ2n) is 21.6. The third-order valence-corrected chi connectivity index (χ3v) is 19.0. The molecule has 0 spiro atoms. The van der Waals surface area contributed by atoms with Crippen LogP contribution in [0, 0.1) is 53.2 Å². The van der Waals surface area contributed by atoms with Crippen molar-refractivity contribution in [3.63, 3.8) is 0 Å². The highest BCUT2D eigenvalue weighted by molar-refractivity contribution is 7.86. The second kappa shape index (κ2) is 30.9. The molecule has 8 aromatic rings. The number of nitrogens with two attached hydrogens (primary N) is 2. The van der Waals surface area contributed by atoms with E-state index in [9.17, 15) is 113 Å². The standard InChI is InChI=1S/C14H15F5N4OS.C14H14F5N3OS.C13H12F6N4OS.C13H11F6N3OS.CH4/c1-7-4-8(2)10(25(24)6-13(3,15)16)5-9(7)23-12(20)21-11(22-23)14(17,18)19;1-8-4-9(2)11(24(23)6-13(3,15)16)5-10(8)22-7-20-12(21-22)14(17,18)19;1-6-3-7(14)8(4-9(6)25(24)5-12(2,15)16)23-11(20)21-10(22-23)13(17,18)19;1-7-3-8(14)9(4-10(7)24(23)5-12(2,15)16)22-6-20-11(21-22)13(17,18)19;/h4-5H,6H2,1-3H3,(H2,20,21,22);4-5,7H,6H2,1-3H3;3-4H,5H2,1-2H3,(H2,20,21,22);3-4,6H,5H2,1-2H3;1H4. The van der Waals surface area contributed by atoms with Crippen LogP contribution >= 0.6 is 0 Å². The Kier molecular flexibility index (Phi) is 26.1. The Bertz CT molecular complexity index is 4020. The largest absolute Gasteiger partial charge is 0.453 e. The quantitative estimate of drug-likeness (QED) is 0.0855. The highest BCUT2D eigenvalue weighted by Crippen LogP contribution is 2.35. The van der Waals surface area contributed by atoms with Gasteiger partial charge < -0.3 is 11.5 Å². The van der Waals surface area contributed by atoms with Crippen molar-refractivity contribution in [2.45, 2.75) is 145 Å². The summed E-state index contributed by atoms with van der Waals surface area (Å²) < 4.78 is 335. The van der Waals surface area contributed by atoms with Crippen molar-refractivity contribution >= 4 is 55.1 Å². The fourth-order valence-corrected chi connectivity index (χ4v) is 13.3. The van der Waals surface area contributed by atoms with Gasteiger partial charge in [-0.15, -0.1) is 20.4 Å². The van der Waals surface area contributed by atoms with Crippen LogP contribution in [0.4, 0.5) is 108 Å². The highest BCUT2D eigenvalue weighted by atomic mass is 32.2. The SMILES string of the molecule is C.Cc1cc(C)c(S(=O)CC(C)(F)F)cc1-n1cnc(C(F)(F)F)n1.Cc1cc(C)c(S(=O)CC(C)(F)F)cc1-n1nc(C(F)(F)F)nc1N.Cc1cc(F)c(-n2cnc(C(F)(F)F)n2)cc1S(=O)CC(C)(F)F.Cc1cc(F)c(-n2nc(C(F)(F)F)nc2N)cc1S(=O)CC(C)(F)F. The van der Waals surface area contributed by atoms with E-state index in [0.29, 0.717) is 65.6 Å². The summed E-state index contributed by atoms with van der Waals surface area (Å²) in [4.78, 5) is 12.3. The number of hydrogen-bond donors (Lipinski definition) is 2. The summed E-state index contributed by atoms with van der Waals surface area (Å²) >= 11 is 0. The van der Waals surface area contributed by atoms with Crippen LogP contribution in [0.15, 0.2) is 80.8 Å². The average molecular weight is 1520 g/mol. The van der Waals surface area contributed by atoms with Crippen LogP contribution in [0.3, 0.4) is 0 Å². The molecule has 0 saturated carbocycles. The molecule has 0 amide bonds. The molecule has 18 nitrogen and oxygen atoms in total. The summed E-state index contributed by atoms with van der Waals surface area (Å²) in [6, 6.07) is 9.18. The Morgan fingerprint density at radius 1 is 0.354 bits per heavy atom. The molecular weight excluding hydrogens is 1470 g/mol. The number of hydrogen-bond acceptors (Lipinski definition) is 14. The van der Waals surface area contributed by atoms with E-state index in [1.54, 1.807) is 33.8 Å². The van der Waals surface area contributed by atoms with Gasteiger partial charge in [-0.3, -0.25) is 16.8 Å². The third-order valence-electron chi connectivity index (χ3n) is 12.2. The number of rotatable bonds is 16. The van der Waals surface area contributed by atoms with Gasteiger partial charge in [-0.1, -0.05) is 19.6 Å². The van der Waals surface area contributed by atoms with Gasteiger partial charge in [-0.25, -0.2) is 63.2 Å². The average Bonchev–Trinajstić information content (AvgIpc) is 1.74. The van der Waals surface area contributed by atoms with Crippen LogP contribution in [0.2, 0.25) is 0 Å². The minimum atomic E-state index is -4.91. The molecule has 0 aliphatic carbocycles. The zero-order valence-corrected chi connectivity index (χ0v) is 55.0. The van der Waals surface area contributed by atoms with Gasteiger partial charge in [-0.2, -0.15) is 72.0 Å². The predicted octanol–water partition coefficient (Wildman–Crippen LogP) is 14.1. The molecular formula is C55H56F22N14O4S4. The zero-order chi connectivity index (χ0) is 74.9. The summed E-state index contributed by atoms with van der Waals surface area (Å²) in [5, 5.41) is 12.9. The Labute approximate surface area is 556 Å². The Morgan fingerprint density at radius 3 is 0.899 bits per heavy atom. The van der Waals surface area contributed by atoms with Gasteiger partial charge in [0.2, 0.25) is 11.9 Å². The number of aryl methyl sites for hydroxylation is 6. The molecule has 0 fully saturated rings. The van der Waals surface area contributed by atoms with Crippen molar-refractivity contribution < 1.29 is 113 Å². The van der Waals surface area contributed by atoms with Crippen LogP contribution in [0.1, 0.15) is 91.8 Å². The van der Waals surface area contributed by atoms with E-state index in [1.807, 2.05) is 0 Å². The summed E-state index contributed by atoms with van der Waals surface area (Å²) in [6.45, 7) is 11.5. The Morgan fingerprint density at radius 2 is 0.606 bits per heavy atom. The lowest BCUT2D eigenvalue weighted by molar-refractivity contribution is -0.145. The van der Waals surface area contributed by atoms with E-state index >= 15 is 0 Å². The van der Waals surface area contributed by atoms with Crippen molar-refractivity contribution in [3.05, 3.63) is 129 Å². The van der Waals surface area contributed by atoms with Crippen LogP contribution in [-0.4, -0.2) is 123 Å². The lowest BCUT2D eigenvalue weighted by Gasteiger charge is -2.14. The number of nitrogen functional groups attached to an aromatic ring is 2. The van der Waals surface area contributed by atoms with Crippen molar-refractivity contribution in [1.29, 1.82) is 0 Å². The number of alkyl halides is 20. The van der Waals surface area contributed by atoms with E-state index in [0.717, 1.165) is 40.0 Å². The molecule has 0 saturated heterocycles. The molecule has 0 aliphatic rings. The first kappa shape index (κ1) is 83.5. The van der Waals surface area contributed by atoms with E-state index < -0.39 is 173 Å². The molecule has 0 aliphatic heterocycles. The van der Waals surface area contributed by atoms with Crippen LogP contribution in [-0.2, 0) is 67.9 Å². The maximum atomic E-state index is 14.1. The van der Waals surface area contributed by atoms with E-state index in [1.165, 1.54) is 32.0 Å². The van der Waals surface area contributed by atoms with E-state index in [-0.39, 0.29) is 49.5 Å². The van der Waals surface area contributed by atoms with Gasteiger partial charge in [-0.05, 0) is 111 Å². The molecule has 4 aromatic carbocycles. The Balaban J connectivity index is 0.000000279. The molecule has 0 bridgehead atoms. The molecule has 548 valence electrons. The number of aromatic nitrogens is 12. The van der Waals surface area contributed by atoms with Crippen LogP contribution in [0.5, 0.6) is 0 Å². The second-order valence-corrected chi connectivity index (χ2v) is 27.3. The molecule has 99 heavy (non-hydrogen) atoms. The first-order valence-electron chi connectivity index (χ1n) is 26.8. The number of anilines is 2. The van der Waals surface area contributed by atoms with Crippen molar-refractivity contribution in [3.8, 4) is 22.7 Å². The monoisotopic (exact) mass is 1520 g/mol. The molecule has 4 aromatic heterocycles. The van der Waals surface area contributed by atoms with Gasteiger partial charge >= 0.3 is 24.7 Å². The first-order valence-corrected chi connectivity index (χ1v) is 32.1. The molecule has 0 radical (unpaired) electrons. The first-order chi connectivity index (χ1) is 44.3. The number of nitrogens with zero attached hydrogens (tertiary/aromatic N) is 12. The topological polar surface area (TPSA) is 243 Å². The van der Waals surface area contributed by atoms with Gasteiger partial charge in [0.1, 0.15) is 35.7 Å². The number of benzene rings is 4. The lowest BCUT2D eigenvalue weighted by atomic mass is 10.1. The molecule has 4 N–H and O–H groups in total. The van der Waals surface area contributed by atoms with E-state index in [2.05, 4.69) is 40.3 Å². The fraction of sp³-hybridized carbons (Fsp3) is 0.418. The maximum absolute atomic E-state index is 14.1. The summed E-state index contributed by atoms with van der Waals surface area (Å²) in [5.74, 6) is -25.6. The minimum absolute atomic E-state index is 0. The summed E-state index contributed by atoms with van der Waals surface area (Å²) in [7, 11) is -8.43. The van der Waals surface area contributed by atoms with Crippen molar-refractivity contribution in [2.75, 3.05) is 34.5 Å². The van der Waals surface area contributed by atoms with Crippen LogP contribution in [0.25, 0.3) is 22.7 Å². The molecule has 8 rings (SSSR count). The number of halogens is 22. The highest BCUT2D eigenvalue weighted by Gasteiger charge is 2.41. The molecule has 4 atom stereocenters. The molecule has 44 heteroatoms. The minimum Gasteiger partial charge on any atom is -0.368 e. The third kappa shape index (κ3) is 23.1. The predicted molar refractivity (Wildman–Crippen MR) is 317 cm³/mol. The summed E-state index contributed by atoms with van der Waals surface area (Å²) in [5.41, 5.74) is 12.3. The van der Waals surface area contributed by atoms with Crippen LogP contribution < -0.4 is 11.5 Å². The normalized spacial score (nSPS) is 13.8. The van der Waals surface area contributed by atoms with Crippen molar-refractivity contribution in [1.82, 2.24) is 59.1 Å². The lowest BCUT2D eigenvalue weighted by Crippen LogP contribution is -2.21. The van der Waals surface area contributed by atoms with Gasteiger partial charge in [0, 0.05) is 47.3 Å². The summed E-state index contributed by atoms with van der Waals surface area (Å²) in [6.07, 6.45) is -17.7. The van der Waals surface area contributed by atoms with Crippen molar-refractivity contribution in [2.24, 2.45) is 0 Å². The van der Waals surface area contributed by atoms with Gasteiger partial charge in [0.15, 0.2) is 0 Å². The van der Waals surface area contributed by atoms with Gasteiger partial charge in [0.05, 0.1) is 77.6 Å². The maximum Gasteiger partial charge on any atom is 0.453 e. The fourth-order valence-electron chi connectivity index (χ4n) is 8.21. The molecule has 4 unspecified atom stereocenters. The Hall–Kier alpha value is -7.90. The van der Waals surface area contributed by atoms with Gasteiger partial charge in [0.25, 0.3) is 47.0 Å². The smallest absolute Gasteiger partial charge is 0.368 e. The zero-order valence-electron chi connectivity index (χ0n) is 51.7.